The third kappa shape index (κ3) is 3.91. The van der Waals surface area contributed by atoms with E-state index in [0.29, 0.717) is 0 Å². The molecule has 0 radical (unpaired) electrons. The molecule has 0 saturated carbocycles. The highest BCUT2D eigenvalue weighted by Gasteiger charge is 2.30. The highest BCUT2D eigenvalue weighted by atomic mass is 15.2. The van der Waals surface area contributed by atoms with E-state index < -0.39 is 0 Å². The monoisotopic (exact) mass is 611 g/mol. The summed E-state index contributed by atoms with van der Waals surface area (Å²) in [5.41, 5.74) is 12.6. The molecule has 9 aromatic rings. The van der Waals surface area contributed by atoms with E-state index in [4.69, 9.17) is 4.98 Å². The molecule has 0 saturated heterocycles. The molecule has 0 N–H and O–H groups in total. The Bertz CT molecular complexity index is 2600. The maximum Gasteiger partial charge on any atom is 0.147 e. The highest BCUT2D eigenvalue weighted by molar-refractivity contribution is 6.21. The first-order valence-electron chi connectivity index (χ1n) is 16.4. The minimum Gasteiger partial charge on any atom is -0.306 e. The first-order valence-corrected chi connectivity index (χ1v) is 16.4. The molecule has 2 heterocycles. The lowest BCUT2D eigenvalue weighted by atomic mass is 9.87. The van der Waals surface area contributed by atoms with Crippen LogP contribution in [0, 0.1) is 0 Å². The third-order valence-corrected chi connectivity index (χ3v) is 9.71. The van der Waals surface area contributed by atoms with Crippen LogP contribution in [-0.4, -0.2) is 9.55 Å². The van der Waals surface area contributed by atoms with Gasteiger partial charge in [0.25, 0.3) is 0 Å². The molecule has 8 aromatic carbocycles. The van der Waals surface area contributed by atoms with Gasteiger partial charge in [-0.1, -0.05) is 140 Å². The molecule has 48 heavy (non-hydrogen) atoms. The second kappa shape index (κ2) is 10.5. The van der Waals surface area contributed by atoms with Crippen molar-refractivity contribution < 1.29 is 0 Å². The van der Waals surface area contributed by atoms with E-state index in [-0.39, 0.29) is 0 Å². The molecule has 1 aliphatic rings. The molecule has 0 fully saturated rings. The molecule has 1 aliphatic heterocycles. The average Bonchev–Trinajstić information content (AvgIpc) is 3.55. The first-order chi connectivity index (χ1) is 23.8. The van der Waals surface area contributed by atoms with Gasteiger partial charge in [0, 0.05) is 11.3 Å². The van der Waals surface area contributed by atoms with Gasteiger partial charge in [0.15, 0.2) is 0 Å². The maximum atomic E-state index is 5.47. The lowest BCUT2D eigenvalue weighted by Gasteiger charge is -2.33. The van der Waals surface area contributed by atoms with E-state index in [0.717, 1.165) is 45.2 Å². The van der Waals surface area contributed by atoms with Crippen molar-refractivity contribution in [2.45, 2.75) is 0 Å². The summed E-state index contributed by atoms with van der Waals surface area (Å²) in [5.74, 6) is 0.955. The van der Waals surface area contributed by atoms with Gasteiger partial charge in [0.1, 0.15) is 5.82 Å². The molecule has 1 aromatic heterocycles. The van der Waals surface area contributed by atoms with Gasteiger partial charge in [-0.3, -0.25) is 4.57 Å². The summed E-state index contributed by atoms with van der Waals surface area (Å²) in [6, 6.07) is 63.1. The van der Waals surface area contributed by atoms with Crippen LogP contribution in [-0.2, 0) is 0 Å². The van der Waals surface area contributed by atoms with Gasteiger partial charge in [0.05, 0.1) is 28.1 Å². The van der Waals surface area contributed by atoms with E-state index >= 15 is 0 Å². The van der Waals surface area contributed by atoms with Crippen molar-refractivity contribution in [3.63, 3.8) is 0 Å². The number of hydrogen-bond donors (Lipinski definition) is 0. The van der Waals surface area contributed by atoms with Crippen LogP contribution in [0.3, 0.4) is 0 Å². The topological polar surface area (TPSA) is 21.1 Å². The average molecular weight is 612 g/mol. The standard InChI is InChI=1S/C45H29N3/c1-3-14-30(15-4-1)31-26-28-32(29-27-31)42-34-18-7-9-20-36(34)43(37-21-10-8-19-35(37)42)45-46-38-22-13-25-41-44(38)48(45)40-24-12-11-23-39(40)47(41)33-16-5-2-6-17-33/h1-29H. The molecule has 3 heteroatoms. The molecule has 224 valence electrons. The Morgan fingerprint density at radius 2 is 0.854 bits per heavy atom. The fourth-order valence-electron chi connectivity index (χ4n) is 7.66. The Hall–Kier alpha value is -6.45. The Kier molecular flexibility index (Phi) is 5.87. The fourth-order valence-corrected chi connectivity index (χ4v) is 7.66. The molecule has 0 bridgehead atoms. The molecule has 10 rings (SSSR count). The predicted molar refractivity (Wildman–Crippen MR) is 201 cm³/mol. The number of anilines is 3. The van der Waals surface area contributed by atoms with Crippen LogP contribution < -0.4 is 4.90 Å². The van der Waals surface area contributed by atoms with Crippen LogP contribution in [0.1, 0.15) is 0 Å². The lowest BCUT2D eigenvalue weighted by molar-refractivity contribution is 1.07. The number of fused-ring (bicyclic) bond motifs is 4. The molecule has 0 aliphatic carbocycles. The second-order valence-electron chi connectivity index (χ2n) is 12.4. The molecule has 0 atom stereocenters. The molecule has 0 unspecified atom stereocenters. The van der Waals surface area contributed by atoms with Crippen molar-refractivity contribution in [1.29, 1.82) is 0 Å². The maximum absolute atomic E-state index is 5.47. The quantitative estimate of drug-likeness (QED) is 0.185. The predicted octanol–water partition coefficient (Wildman–Crippen LogP) is 12.1. The van der Waals surface area contributed by atoms with E-state index in [1.807, 2.05) is 0 Å². The minimum atomic E-state index is 0.955. The van der Waals surface area contributed by atoms with Crippen molar-refractivity contribution in [3.8, 4) is 39.3 Å². The number of benzene rings is 8. The van der Waals surface area contributed by atoms with Crippen molar-refractivity contribution >= 4 is 49.6 Å². The van der Waals surface area contributed by atoms with Crippen LogP contribution in [0.2, 0.25) is 0 Å². The number of nitrogens with zero attached hydrogens (tertiary/aromatic N) is 3. The summed E-state index contributed by atoms with van der Waals surface area (Å²) in [6.45, 7) is 0. The van der Waals surface area contributed by atoms with E-state index in [9.17, 15) is 0 Å². The van der Waals surface area contributed by atoms with Crippen LogP contribution in [0.5, 0.6) is 0 Å². The molecular formula is C45H29N3. The smallest absolute Gasteiger partial charge is 0.147 e. The number of para-hydroxylation sites is 4. The SMILES string of the molecule is c1ccc(-c2ccc(-c3c4ccccc4c(-c4nc5cccc6c5n4-c4ccccc4N6c4ccccc4)c4ccccc34)cc2)cc1. The van der Waals surface area contributed by atoms with Crippen LogP contribution in [0.4, 0.5) is 17.1 Å². The molecule has 0 amide bonds. The zero-order valence-electron chi connectivity index (χ0n) is 26.1. The summed E-state index contributed by atoms with van der Waals surface area (Å²) >= 11 is 0. The van der Waals surface area contributed by atoms with E-state index in [2.05, 4.69) is 185 Å². The summed E-state index contributed by atoms with van der Waals surface area (Å²) in [6.07, 6.45) is 0. The van der Waals surface area contributed by atoms with Gasteiger partial charge < -0.3 is 4.90 Å². The Labute approximate surface area is 278 Å². The van der Waals surface area contributed by atoms with Gasteiger partial charge in [-0.2, -0.15) is 0 Å². The number of aromatic nitrogens is 2. The summed E-state index contributed by atoms with van der Waals surface area (Å²) in [5, 5.41) is 4.81. The Morgan fingerprint density at radius 3 is 1.52 bits per heavy atom. The van der Waals surface area contributed by atoms with Gasteiger partial charge >= 0.3 is 0 Å². The van der Waals surface area contributed by atoms with Crippen molar-refractivity contribution in [2.75, 3.05) is 4.90 Å². The fraction of sp³-hybridized carbons (Fsp3) is 0. The normalized spacial score (nSPS) is 12.1. The number of imidazole rings is 1. The number of rotatable bonds is 4. The number of hydrogen-bond acceptors (Lipinski definition) is 2. The van der Waals surface area contributed by atoms with Crippen molar-refractivity contribution in [3.05, 3.63) is 176 Å². The second-order valence-corrected chi connectivity index (χ2v) is 12.4. The summed E-state index contributed by atoms with van der Waals surface area (Å²) in [7, 11) is 0. The first kappa shape index (κ1) is 26.7. The summed E-state index contributed by atoms with van der Waals surface area (Å²) < 4.78 is 2.39. The van der Waals surface area contributed by atoms with Crippen LogP contribution >= 0.6 is 0 Å². The molecule has 0 spiro atoms. The van der Waals surface area contributed by atoms with E-state index in [1.165, 1.54) is 43.8 Å². The van der Waals surface area contributed by atoms with Gasteiger partial charge in [-0.05, 0) is 80.2 Å². The lowest BCUT2D eigenvalue weighted by Crippen LogP contribution is -2.18. The molecule has 3 nitrogen and oxygen atoms in total. The minimum absolute atomic E-state index is 0.955. The van der Waals surface area contributed by atoms with Crippen LogP contribution in [0.25, 0.3) is 71.9 Å². The van der Waals surface area contributed by atoms with Gasteiger partial charge in [-0.15, -0.1) is 0 Å². The zero-order chi connectivity index (χ0) is 31.6. The van der Waals surface area contributed by atoms with Crippen molar-refractivity contribution in [1.82, 2.24) is 9.55 Å². The molecular weight excluding hydrogens is 583 g/mol. The van der Waals surface area contributed by atoms with Crippen LogP contribution in [0.15, 0.2) is 176 Å². The zero-order valence-corrected chi connectivity index (χ0v) is 26.1. The highest BCUT2D eigenvalue weighted by Crippen LogP contribution is 2.50. The third-order valence-electron chi connectivity index (χ3n) is 9.71. The van der Waals surface area contributed by atoms with E-state index in [1.54, 1.807) is 0 Å². The Balaban J connectivity index is 1.27. The van der Waals surface area contributed by atoms with Gasteiger partial charge in [0.2, 0.25) is 0 Å². The Morgan fingerprint density at radius 1 is 0.354 bits per heavy atom. The summed E-state index contributed by atoms with van der Waals surface area (Å²) in [4.78, 5) is 7.83. The van der Waals surface area contributed by atoms with Crippen molar-refractivity contribution in [2.24, 2.45) is 0 Å². The van der Waals surface area contributed by atoms with Gasteiger partial charge in [-0.25, -0.2) is 4.98 Å². The largest absolute Gasteiger partial charge is 0.306 e.